The van der Waals surface area contributed by atoms with E-state index in [0.29, 0.717) is 6.42 Å². The summed E-state index contributed by atoms with van der Waals surface area (Å²) < 4.78 is 5.46. The summed E-state index contributed by atoms with van der Waals surface area (Å²) in [6.45, 7) is 2.92. The summed E-state index contributed by atoms with van der Waals surface area (Å²) in [4.78, 5) is 14.1. The van der Waals surface area contributed by atoms with Gasteiger partial charge in [0.15, 0.2) is 0 Å². The molecule has 3 rings (SSSR count). The predicted octanol–water partition coefficient (Wildman–Crippen LogP) is 3.57. The maximum absolute atomic E-state index is 12.3. The lowest BCUT2D eigenvalue weighted by Crippen LogP contribution is -2.30. The van der Waals surface area contributed by atoms with Gasteiger partial charge in [0, 0.05) is 37.5 Å². The van der Waals surface area contributed by atoms with E-state index in [4.69, 9.17) is 4.74 Å². The van der Waals surface area contributed by atoms with Crippen molar-refractivity contribution in [1.29, 1.82) is 0 Å². The minimum atomic E-state index is 0.131. The summed E-state index contributed by atoms with van der Waals surface area (Å²) in [5.74, 6) is 1.37. The molecular formula is C21H26N2O2. The molecule has 1 aliphatic rings. The highest BCUT2D eigenvalue weighted by Crippen LogP contribution is 2.37. The second-order valence-corrected chi connectivity index (χ2v) is 6.70. The zero-order chi connectivity index (χ0) is 17.8. The van der Waals surface area contributed by atoms with E-state index in [9.17, 15) is 4.79 Å². The molecule has 1 N–H and O–H groups in total. The molecule has 0 saturated carbocycles. The van der Waals surface area contributed by atoms with Gasteiger partial charge in [-0.1, -0.05) is 48.5 Å². The molecule has 0 aromatic heterocycles. The van der Waals surface area contributed by atoms with E-state index in [-0.39, 0.29) is 23.9 Å². The van der Waals surface area contributed by atoms with Crippen LogP contribution in [0.5, 0.6) is 5.75 Å². The number of ether oxygens (including phenoxy) is 1. The molecule has 3 atom stereocenters. The van der Waals surface area contributed by atoms with Crippen LogP contribution in [0.2, 0.25) is 0 Å². The molecule has 2 aromatic carbocycles. The van der Waals surface area contributed by atoms with Crippen LogP contribution < -0.4 is 10.1 Å². The van der Waals surface area contributed by atoms with Gasteiger partial charge in [-0.3, -0.25) is 4.79 Å². The molecule has 4 nitrogen and oxygen atoms in total. The Hall–Kier alpha value is -2.33. The summed E-state index contributed by atoms with van der Waals surface area (Å²) in [5, 5.41) is 3.60. The number of nitrogens with one attached hydrogen (secondary N) is 1. The van der Waals surface area contributed by atoms with Gasteiger partial charge in [-0.15, -0.1) is 0 Å². The second kappa shape index (κ2) is 7.70. The van der Waals surface area contributed by atoms with Crippen LogP contribution in [0.4, 0.5) is 0 Å². The summed E-state index contributed by atoms with van der Waals surface area (Å²) in [6, 6.07) is 18.6. The lowest BCUT2D eigenvalue weighted by Gasteiger charge is -2.27. The van der Waals surface area contributed by atoms with Gasteiger partial charge in [-0.2, -0.15) is 0 Å². The van der Waals surface area contributed by atoms with Crippen molar-refractivity contribution in [2.24, 2.45) is 5.92 Å². The summed E-state index contributed by atoms with van der Waals surface area (Å²) in [7, 11) is 3.60. The smallest absolute Gasteiger partial charge is 0.223 e. The predicted molar refractivity (Wildman–Crippen MR) is 99.5 cm³/mol. The fraction of sp³-hybridized carbons (Fsp3) is 0.381. The first-order valence-corrected chi connectivity index (χ1v) is 8.78. The van der Waals surface area contributed by atoms with Crippen molar-refractivity contribution in [3.8, 4) is 5.75 Å². The van der Waals surface area contributed by atoms with E-state index >= 15 is 0 Å². The van der Waals surface area contributed by atoms with Crippen molar-refractivity contribution in [1.82, 2.24) is 10.2 Å². The van der Waals surface area contributed by atoms with Crippen LogP contribution in [0.3, 0.4) is 0 Å². The molecule has 25 heavy (non-hydrogen) atoms. The van der Waals surface area contributed by atoms with Gasteiger partial charge in [0.25, 0.3) is 0 Å². The van der Waals surface area contributed by atoms with Gasteiger partial charge in [-0.05, 0) is 18.6 Å². The van der Waals surface area contributed by atoms with Gasteiger partial charge in [0.2, 0.25) is 5.91 Å². The van der Waals surface area contributed by atoms with Crippen LogP contribution in [0.25, 0.3) is 0 Å². The van der Waals surface area contributed by atoms with Crippen molar-refractivity contribution in [3.63, 3.8) is 0 Å². The quantitative estimate of drug-likeness (QED) is 0.875. The average molecular weight is 338 g/mol. The zero-order valence-corrected chi connectivity index (χ0v) is 15.1. The molecule has 4 heteroatoms. The Balaban J connectivity index is 1.72. The summed E-state index contributed by atoms with van der Waals surface area (Å²) >= 11 is 0. The molecular weight excluding hydrogens is 312 g/mol. The number of rotatable bonds is 6. The Morgan fingerprint density at radius 2 is 1.84 bits per heavy atom. The molecule has 0 radical (unpaired) electrons. The first-order chi connectivity index (χ1) is 12.1. The van der Waals surface area contributed by atoms with Crippen molar-refractivity contribution < 1.29 is 9.53 Å². The topological polar surface area (TPSA) is 41.6 Å². The van der Waals surface area contributed by atoms with E-state index in [1.165, 1.54) is 5.56 Å². The van der Waals surface area contributed by atoms with Crippen LogP contribution in [-0.4, -0.2) is 31.5 Å². The second-order valence-electron chi connectivity index (χ2n) is 6.70. The molecule has 132 valence electrons. The van der Waals surface area contributed by atoms with Crippen LogP contribution in [0.1, 0.15) is 36.6 Å². The Morgan fingerprint density at radius 1 is 1.16 bits per heavy atom. The van der Waals surface area contributed by atoms with Crippen molar-refractivity contribution in [2.45, 2.75) is 25.4 Å². The minimum absolute atomic E-state index is 0.131. The normalized spacial score (nSPS) is 21.4. The van der Waals surface area contributed by atoms with Gasteiger partial charge >= 0.3 is 0 Å². The highest BCUT2D eigenvalue weighted by Gasteiger charge is 2.38. The van der Waals surface area contributed by atoms with Crippen molar-refractivity contribution in [2.75, 3.05) is 20.7 Å². The van der Waals surface area contributed by atoms with Crippen molar-refractivity contribution in [3.05, 3.63) is 65.7 Å². The fourth-order valence-corrected chi connectivity index (χ4v) is 3.74. The van der Waals surface area contributed by atoms with E-state index in [1.807, 2.05) is 48.3 Å². The maximum atomic E-state index is 12.3. The molecule has 0 bridgehead atoms. The van der Waals surface area contributed by atoms with Crippen LogP contribution in [0, 0.1) is 5.92 Å². The Morgan fingerprint density at radius 3 is 2.56 bits per heavy atom. The zero-order valence-electron chi connectivity index (χ0n) is 15.1. The van der Waals surface area contributed by atoms with E-state index < -0.39 is 0 Å². The largest absolute Gasteiger partial charge is 0.496 e. The highest BCUT2D eigenvalue weighted by molar-refractivity contribution is 5.79. The monoisotopic (exact) mass is 338 g/mol. The average Bonchev–Trinajstić information content (AvgIpc) is 2.94. The van der Waals surface area contributed by atoms with E-state index in [1.54, 1.807) is 7.11 Å². The SMILES string of the molecule is COc1ccccc1[C@H](C)NC[C@H]1CC(=O)N(C)[C@H]1c1ccccc1. The van der Waals surface area contributed by atoms with Crippen LogP contribution in [0.15, 0.2) is 54.6 Å². The molecule has 1 fully saturated rings. The van der Waals surface area contributed by atoms with Gasteiger partial charge < -0.3 is 15.0 Å². The van der Waals surface area contributed by atoms with Gasteiger partial charge in [0.1, 0.15) is 5.75 Å². The molecule has 1 saturated heterocycles. The minimum Gasteiger partial charge on any atom is -0.496 e. The third-order valence-electron chi connectivity index (χ3n) is 5.13. The molecule has 0 unspecified atom stereocenters. The number of hydrogen-bond acceptors (Lipinski definition) is 3. The van der Waals surface area contributed by atoms with E-state index in [0.717, 1.165) is 17.9 Å². The number of methoxy groups -OCH3 is 1. The number of carbonyl (C=O) groups excluding carboxylic acids is 1. The first-order valence-electron chi connectivity index (χ1n) is 8.78. The molecule has 1 heterocycles. The number of hydrogen-bond donors (Lipinski definition) is 1. The molecule has 0 spiro atoms. The highest BCUT2D eigenvalue weighted by atomic mass is 16.5. The molecule has 0 aliphatic carbocycles. The first kappa shape index (κ1) is 17.5. The standard InChI is InChI=1S/C21H26N2O2/c1-15(18-11-7-8-12-19(18)25-3)22-14-17-13-20(24)23(2)21(17)16-9-5-4-6-10-16/h4-12,15,17,21-22H,13-14H2,1-3H3/t15-,17+,21-/m0/s1. The summed E-state index contributed by atoms with van der Waals surface area (Å²) in [5.41, 5.74) is 2.34. The lowest BCUT2D eigenvalue weighted by atomic mass is 9.93. The number of likely N-dealkylation sites (tertiary alicyclic amines) is 1. The Labute approximate surface area is 149 Å². The molecule has 1 amide bonds. The molecule has 2 aromatic rings. The number of carbonyl (C=O) groups is 1. The fourth-order valence-electron chi connectivity index (χ4n) is 3.74. The van der Waals surface area contributed by atoms with E-state index in [2.05, 4.69) is 30.4 Å². The third-order valence-corrected chi connectivity index (χ3v) is 5.13. The maximum Gasteiger partial charge on any atom is 0.223 e. The molecule has 1 aliphatic heterocycles. The Bertz CT molecular complexity index is 717. The third kappa shape index (κ3) is 3.69. The van der Waals surface area contributed by atoms with Gasteiger partial charge in [0.05, 0.1) is 13.2 Å². The number of benzene rings is 2. The Kier molecular flexibility index (Phi) is 5.39. The summed E-state index contributed by atoms with van der Waals surface area (Å²) in [6.07, 6.45) is 0.585. The number of nitrogens with zero attached hydrogens (tertiary/aromatic N) is 1. The van der Waals surface area contributed by atoms with Crippen LogP contribution >= 0.6 is 0 Å². The van der Waals surface area contributed by atoms with Gasteiger partial charge in [-0.25, -0.2) is 0 Å². The van der Waals surface area contributed by atoms with Crippen molar-refractivity contribution >= 4 is 5.91 Å². The lowest BCUT2D eigenvalue weighted by molar-refractivity contribution is -0.127. The van der Waals surface area contributed by atoms with Crippen LogP contribution in [-0.2, 0) is 4.79 Å². The number of amides is 1. The number of para-hydroxylation sites is 1.